The van der Waals surface area contributed by atoms with Crippen LogP contribution in [0.15, 0.2) is 53.5 Å². The summed E-state index contributed by atoms with van der Waals surface area (Å²) in [4.78, 5) is 26.2. The predicted octanol–water partition coefficient (Wildman–Crippen LogP) is 3.55. The number of aromatic nitrogens is 1. The monoisotopic (exact) mass is 339 g/mol. The molecule has 25 heavy (non-hydrogen) atoms. The van der Waals surface area contributed by atoms with Crippen LogP contribution in [0.25, 0.3) is 0 Å². The first-order chi connectivity index (χ1) is 12.0. The number of hydrogen-bond donors (Lipinski definition) is 1. The van der Waals surface area contributed by atoms with Gasteiger partial charge in [0.2, 0.25) is 0 Å². The number of amides is 2. The third kappa shape index (κ3) is 4.10. The van der Waals surface area contributed by atoms with Crippen LogP contribution in [0.4, 0.5) is 10.5 Å². The van der Waals surface area contributed by atoms with Crippen LogP contribution < -0.4 is 10.9 Å². The Labute approximate surface area is 148 Å². The van der Waals surface area contributed by atoms with Gasteiger partial charge in [0, 0.05) is 30.5 Å². The van der Waals surface area contributed by atoms with Gasteiger partial charge in [-0.2, -0.15) is 0 Å². The van der Waals surface area contributed by atoms with Crippen molar-refractivity contribution in [1.82, 2.24) is 9.47 Å². The first-order valence-corrected chi connectivity index (χ1v) is 8.86. The van der Waals surface area contributed by atoms with Crippen molar-refractivity contribution in [2.75, 3.05) is 11.9 Å². The normalized spacial score (nSPS) is 17.1. The van der Waals surface area contributed by atoms with Crippen molar-refractivity contribution in [3.05, 3.63) is 64.6 Å². The smallest absolute Gasteiger partial charge is 0.321 e. The Hall–Kier alpha value is -2.56. The molecule has 1 saturated heterocycles. The molecule has 0 bridgehead atoms. The van der Waals surface area contributed by atoms with Crippen molar-refractivity contribution in [2.45, 2.75) is 39.3 Å². The molecule has 0 radical (unpaired) electrons. The average molecular weight is 339 g/mol. The number of benzene rings is 1. The summed E-state index contributed by atoms with van der Waals surface area (Å²) >= 11 is 0. The largest absolute Gasteiger partial charge is 0.322 e. The molecule has 0 aliphatic carbocycles. The molecule has 3 rings (SSSR count). The molecule has 0 spiro atoms. The van der Waals surface area contributed by atoms with Gasteiger partial charge in [-0.3, -0.25) is 4.79 Å². The molecule has 5 heteroatoms. The molecule has 2 heterocycles. The average Bonchev–Trinajstić information content (AvgIpc) is 3.09. The van der Waals surface area contributed by atoms with E-state index in [1.54, 1.807) is 22.9 Å². The molecule has 1 atom stereocenters. The van der Waals surface area contributed by atoms with Crippen LogP contribution in [0.3, 0.4) is 0 Å². The van der Waals surface area contributed by atoms with Gasteiger partial charge in [0.05, 0.1) is 6.54 Å². The standard InChI is InChI=1S/C20H25N3O2/c1-15(2)18-6-5-13-23(18)20(25)21-17-10-8-16(9-11-17)14-22-12-4-3-7-19(22)24/h3-4,7-12,15,18H,5-6,13-14H2,1-2H3,(H,21,25)/t18-/m1/s1. The van der Waals surface area contributed by atoms with Crippen molar-refractivity contribution in [2.24, 2.45) is 5.92 Å². The summed E-state index contributed by atoms with van der Waals surface area (Å²) in [6.45, 7) is 5.67. The number of urea groups is 1. The number of likely N-dealkylation sites (tertiary alicyclic amines) is 1. The number of nitrogens with zero attached hydrogens (tertiary/aromatic N) is 2. The Morgan fingerprint density at radius 2 is 1.96 bits per heavy atom. The summed E-state index contributed by atoms with van der Waals surface area (Å²) in [5, 5.41) is 2.99. The van der Waals surface area contributed by atoms with Crippen LogP contribution in [0.1, 0.15) is 32.3 Å². The van der Waals surface area contributed by atoms with E-state index in [1.165, 1.54) is 0 Å². The fourth-order valence-electron chi connectivity index (χ4n) is 3.41. The summed E-state index contributed by atoms with van der Waals surface area (Å²) < 4.78 is 1.66. The molecular formula is C20H25N3O2. The minimum Gasteiger partial charge on any atom is -0.321 e. The Morgan fingerprint density at radius 1 is 1.20 bits per heavy atom. The molecular weight excluding hydrogens is 314 g/mol. The van der Waals surface area contributed by atoms with Crippen LogP contribution in [-0.2, 0) is 6.54 Å². The van der Waals surface area contributed by atoms with Gasteiger partial charge in [-0.1, -0.05) is 32.0 Å². The zero-order valence-corrected chi connectivity index (χ0v) is 14.8. The molecule has 5 nitrogen and oxygen atoms in total. The number of rotatable bonds is 4. The number of anilines is 1. The zero-order valence-electron chi connectivity index (χ0n) is 14.8. The van der Waals surface area contributed by atoms with Crippen LogP contribution in [0.5, 0.6) is 0 Å². The number of nitrogens with one attached hydrogen (secondary N) is 1. The quantitative estimate of drug-likeness (QED) is 0.926. The number of hydrogen-bond acceptors (Lipinski definition) is 2. The van der Waals surface area contributed by atoms with E-state index in [4.69, 9.17) is 0 Å². The maximum Gasteiger partial charge on any atom is 0.322 e. The lowest BCUT2D eigenvalue weighted by Gasteiger charge is -2.27. The molecule has 0 unspecified atom stereocenters. The minimum absolute atomic E-state index is 0.0198. The third-order valence-corrected chi connectivity index (χ3v) is 4.79. The van der Waals surface area contributed by atoms with Gasteiger partial charge in [0.15, 0.2) is 0 Å². The van der Waals surface area contributed by atoms with Gasteiger partial charge in [-0.15, -0.1) is 0 Å². The van der Waals surface area contributed by atoms with Gasteiger partial charge in [0.1, 0.15) is 0 Å². The van der Waals surface area contributed by atoms with E-state index in [-0.39, 0.29) is 11.6 Å². The fraction of sp³-hybridized carbons (Fsp3) is 0.400. The number of carbonyl (C=O) groups is 1. The third-order valence-electron chi connectivity index (χ3n) is 4.79. The van der Waals surface area contributed by atoms with Crippen molar-refractivity contribution in [3.63, 3.8) is 0 Å². The minimum atomic E-state index is -0.0248. The van der Waals surface area contributed by atoms with Gasteiger partial charge in [0.25, 0.3) is 5.56 Å². The van der Waals surface area contributed by atoms with E-state index in [2.05, 4.69) is 19.2 Å². The lowest BCUT2D eigenvalue weighted by atomic mass is 10.0. The lowest BCUT2D eigenvalue weighted by molar-refractivity contribution is 0.192. The van der Waals surface area contributed by atoms with Gasteiger partial charge < -0.3 is 14.8 Å². The van der Waals surface area contributed by atoms with E-state index in [0.717, 1.165) is 30.6 Å². The highest BCUT2D eigenvalue weighted by Gasteiger charge is 2.30. The first kappa shape index (κ1) is 17.3. The summed E-state index contributed by atoms with van der Waals surface area (Å²) in [5.41, 5.74) is 1.78. The maximum absolute atomic E-state index is 12.5. The van der Waals surface area contributed by atoms with Crippen molar-refractivity contribution in [3.8, 4) is 0 Å². The molecule has 1 aliphatic rings. The van der Waals surface area contributed by atoms with Crippen molar-refractivity contribution >= 4 is 11.7 Å². The van der Waals surface area contributed by atoms with E-state index >= 15 is 0 Å². The van der Waals surface area contributed by atoms with E-state index in [0.29, 0.717) is 18.5 Å². The molecule has 1 fully saturated rings. The summed E-state index contributed by atoms with van der Waals surface area (Å²) in [6.07, 6.45) is 3.92. The van der Waals surface area contributed by atoms with E-state index in [1.807, 2.05) is 35.2 Å². The van der Waals surface area contributed by atoms with E-state index in [9.17, 15) is 9.59 Å². The van der Waals surface area contributed by atoms with Gasteiger partial charge in [-0.25, -0.2) is 4.79 Å². The Morgan fingerprint density at radius 3 is 2.64 bits per heavy atom. The molecule has 0 saturated carbocycles. The van der Waals surface area contributed by atoms with Crippen LogP contribution in [0.2, 0.25) is 0 Å². The fourth-order valence-corrected chi connectivity index (χ4v) is 3.41. The maximum atomic E-state index is 12.5. The second-order valence-corrected chi connectivity index (χ2v) is 6.94. The first-order valence-electron chi connectivity index (χ1n) is 8.86. The van der Waals surface area contributed by atoms with Crippen molar-refractivity contribution < 1.29 is 4.79 Å². The topological polar surface area (TPSA) is 54.3 Å². The molecule has 1 aromatic carbocycles. The molecule has 1 aromatic heterocycles. The highest BCUT2D eigenvalue weighted by Crippen LogP contribution is 2.24. The molecule has 1 N–H and O–H groups in total. The van der Waals surface area contributed by atoms with E-state index < -0.39 is 0 Å². The Bertz CT molecular complexity index is 780. The molecule has 1 aliphatic heterocycles. The van der Waals surface area contributed by atoms with Gasteiger partial charge in [-0.05, 0) is 42.5 Å². The second kappa shape index (κ2) is 7.55. The highest BCUT2D eigenvalue weighted by atomic mass is 16.2. The SMILES string of the molecule is CC(C)[C@H]1CCCN1C(=O)Nc1ccc(Cn2ccccc2=O)cc1. The summed E-state index contributed by atoms with van der Waals surface area (Å²) in [7, 11) is 0. The number of carbonyl (C=O) groups excluding carboxylic acids is 1. The molecule has 2 aromatic rings. The van der Waals surface area contributed by atoms with Crippen LogP contribution in [0, 0.1) is 5.92 Å². The Balaban J connectivity index is 1.64. The van der Waals surface area contributed by atoms with Gasteiger partial charge >= 0.3 is 6.03 Å². The lowest BCUT2D eigenvalue weighted by Crippen LogP contribution is -2.41. The van der Waals surface area contributed by atoms with Crippen LogP contribution in [-0.4, -0.2) is 28.1 Å². The number of pyridine rings is 1. The predicted molar refractivity (Wildman–Crippen MR) is 99.8 cm³/mol. The van der Waals surface area contributed by atoms with Crippen LogP contribution >= 0.6 is 0 Å². The second-order valence-electron chi connectivity index (χ2n) is 6.94. The summed E-state index contributed by atoms with van der Waals surface area (Å²) in [5.74, 6) is 0.472. The van der Waals surface area contributed by atoms with Crippen molar-refractivity contribution in [1.29, 1.82) is 0 Å². The molecule has 2 amide bonds. The summed E-state index contributed by atoms with van der Waals surface area (Å²) in [6, 6.07) is 13.1. The molecule has 132 valence electrons. The Kier molecular flexibility index (Phi) is 5.22. The highest BCUT2D eigenvalue weighted by molar-refractivity contribution is 5.89. The zero-order chi connectivity index (χ0) is 17.8.